The lowest BCUT2D eigenvalue weighted by atomic mass is 10.0. The van der Waals surface area contributed by atoms with E-state index in [2.05, 4.69) is 10.2 Å². The molecule has 3 rings (SSSR count). The highest BCUT2D eigenvalue weighted by Gasteiger charge is 2.30. The Morgan fingerprint density at radius 3 is 2.81 bits per heavy atom. The fraction of sp³-hybridized carbons (Fsp3) is 0.357. The number of hydrogen-bond acceptors (Lipinski definition) is 4. The van der Waals surface area contributed by atoms with Gasteiger partial charge in [0, 0.05) is 18.7 Å². The molecule has 0 radical (unpaired) electrons. The maximum atomic E-state index is 12.7. The second-order valence-electron chi connectivity index (χ2n) is 5.09. The number of hydrogen-bond donors (Lipinski definition) is 2. The Balaban J connectivity index is 1.97. The topological polar surface area (TPSA) is 86.3 Å². The van der Waals surface area contributed by atoms with Gasteiger partial charge in [-0.05, 0) is 24.0 Å². The van der Waals surface area contributed by atoms with Crippen molar-refractivity contribution in [2.45, 2.75) is 31.0 Å². The number of nitrogens with zero attached hydrogens (tertiary/aromatic N) is 2. The minimum absolute atomic E-state index is 0.00983. The van der Waals surface area contributed by atoms with Gasteiger partial charge in [-0.1, -0.05) is 24.3 Å². The van der Waals surface area contributed by atoms with E-state index in [9.17, 15) is 13.5 Å². The maximum Gasteiger partial charge on any atom is 0.260 e. The zero-order valence-corrected chi connectivity index (χ0v) is 12.3. The number of aliphatic hydroxyl groups is 1. The van der Waals surface area contributed by atoms with Gasteiger partial charge in [0.05, 0.1) is 12.8 Å². The Bertz CT molecular complexity index is 739. The Labute approximate surface area is 123 Å². The molecular weight excluding hydrogens is 290 g/mol. The molecule has 1 aromatic carbocycles. The molecular formula is C14H17N3O3S. The van der Waals surface area contributed by atoms with E-state index in [0.717, 1.165) is 18.4 Å². The molecule has 21 heavy (non-hydrogen) atoms. The fourth-order valence-electron chi connectivity index (χ4n) is 2.64. The lowest BCUT2D eigenvalue weighted by molar-refractivity contribution is 0.278. The summed E-state index contributed by atoms with van der Waals surface area (Å²) < 4.78 is 26.9. The van der Waals surface area contributed by atoms with Gasteiger partial charge in [0.25, 0.3) is 10.0 Å². The van der Waals surface area contributed by atoms with Crippen molar-refractivity contribution in [1.29, 1.82) is 0 Å². The first-order valence-corrected chi connectivity index (χ1v) is 8.27. The number of nitrogens with one attached hydrogen (secondary N) is 1. The molecule has 0 bridgehead atoms. The minimum Gasteiger partial charge on any atom is -0.392 e. The number of aliphatic hydroxyl groups excluding tert-OH is 1. The fourth-order valence-corrected chi connectivity index (χ4v) is 4.19. The molecule has 2 heterocycles. The van der Waals surface area contributed by atoms with Crippen LogP contribution in [-0.4, -0.2) is 34.6 Å². The number of H-pyrrole nitrogens is 1. The van der Waals surface area contributed by atoms with Crippen LogP contribution in [0.25, 0.3) is 0 Å². The summed E-state index contributed by atoms with van der Waals surface area (Å²) in [6.07, 6.45) is 3.00. The van der Waals surface area contributed by atoms with Gasteiger partial charge in [-0.3, -0.25) is 5.10 Å². The quantitative estimate of drug-likeness (QED) is 0.887. The van der Waals surface area contributed by atoms with Crippen LogP contribution in [0, 0.1) is 0 Å². The Hall–Kier alpha value is -1.70. The van der Waals surface area contributed by atoms with Gasteiger partial charge in [-0.25, -0.2) is 8.42 Å². The molecule has 0 saturated carbocycles. The summed E-state index contributed by atoms with van der Waals surface area (Å²) in [6.45, 7) is 0.457. The highest BCUT2D eigenvalue weighted by Crippen LogP contribution is 2.24. The predicted octanol–water partition coefficient (Wildman–Crippen LogP) is 1.04. The number of sulfonamides is 1. The van der Waals surface area contributed by atoms with Gasteiger partial charge < -0.3 is 5.11 Å². The van der Waals surface area contributed by atoms with Crippen molar-refractivity contribution in [3.8, 4) is 0 Å². The second kappa shape index (κ2) is 5.59. The average Bonchev–Trinajstić information content (AvgIpc) is 2.86. The van der Waals surface area contributed by atoms with Gasteiger partial charge in [0.15, 0.2) is 5.03 Å². The standard InChI is InChI=1S/C14H17N3O3S/c18-10-13-8-15-16-14(13)21(19,20)17-7-3-6-11-4-1-2-5-12(11)9-17/h1-2,4-5,8,18H,3,6-7,9-10H2,(H,15,16). The smallest absolute Gasteiger partial charge is 0.260 e. The summed E-state index contributed by atoms with van der Waals surface area (Å²) in [7, 11) is -3.67. The summed E-state index contributed by atoms with van der Waals surface area (Å²) in [4.78, 5) is 0. The van der Waals surface area contributed by atoms with Crippen molar-refractivity contribution in [2.75, 3.05) is 6.54 Å². The van der Waals surface area contributed by atoms with Crippen molar-refractivity contribution in [3.05, 3.63) is 47.2 Å². The van der Waals surface area contributed by atoms with Crippen molar-refractivity contribution in [3.63, 3.8) is 0 Å². The molecule has 0 saturated heterocycles. The molecule has 0 aliphatic carbocycles. The zero-order valence-electron chi connectivity index (χ0n) is 11.5. The average molecular weight is 307 g/mol. The monoisotopic (exact) mass is 307 g/mol. The van der Waals surface area contributed by atoms with Crippen molar-refractivity contribution in [1.82, 2.24) is 14.5 Å². The van der Waals surface area contributed by atoms with Crippen LogP contribution < -0.4 is 0 Å². The molecule has 0 fully saturated rings. The molecule has 0 amide bonds. The van der Waals surface area contributed by atoms with Gasteiger partial charge in [-0.15, -0.1) is 0 Å². The molecule has 1 aliphatic rings. The molecule has 6 nitrogen and oxygen atoms in total. The molecule has 7 heteroatoms. The van der Waals surface area contributed by atoms with Crippen molar-refractivity contribution in [2.24, 2.45) is 0 Å². The number of aryl methyl sites for hydroxylation is 1. The van der Waals surface area contributed by atoms with Crippen LogP contribution >= 0.6 is 0 Å². The molecule has 2 N–H and O–H groups in total. The summed E-state index contributed by atoms with van der Waals surface area (Å²) in [6, 6.07) is 7.90. The summed E-state index contributed by atoms with van der Waals surface area (Å²) in [5, 5.41) is 15.5. The second-order valence-corrected chi connectivity index (χ2v) is 6.97. The van der Waals surface area contributed by atoms with Gasteiger partial charge in [0.2, 0.25) is 0 Å². The SMILES string of the molecule is O=S(=O)(c1[nH]ncc1CO)N1CCCc2ccccc2C1. The third-order valence-corrected chi connectivity index (χ3v) is 5.63. The first-order chi connectivity index (χ1) is 10.1. The first kappa shape index (κ1) is 14.2. The van der Waals surface area contributed by atoms with E-state index in [0.29, 0.717) is 18.7 Å². The van der Waals surface area contributed by atoms with Gasteiger partial charge in [-0.2, -0.15) is 9.40 Å². The van der Waals surface area contributed by atoms with E-state index < -0.39 is 10.0 Å². The number of fused-ring (bicyclic) bond motifs is 1. The van der Waals surface area contributed by atoms with Crippen molar-refractivity contribution < 1.29 is 13.5 Å². The van der Waals surface area contributed by atoms with Crippen LogP contribution in [0.2, 0.25) is 0 Å². The molecule has 2 aromatic rings. The molecule has 1 aromatic heterocycles. The summed E-state index contributed by atoms with van der Waals surface area (Å²) >= 11 is 0. The third-order valence-electron chi connectivity index (χ3n) is 3.77. The van der Waals surface area contributed by atoms with E-state index in [1.165, 1.54) is 16.1 Å². The highest BCUT2D eigenvalue weighted by atomic mass is 32.2. The van der Waals surface area contributed by atoms with Crippen LogP contribution in [0.15, 0.2) is 35.5 Å². The van der Waals surface area contributed by atoms with Gasteiger partial charge in [0.1, 0.15) is 0 Å². The van der Waals surface area contributed by atoms with Crippen LogP contribution in [0.3, 0.4) is 0 Å². The Morgan fingerprint density at radius 2 is 2.05 bits per heavy atom. The lowest BCUT2D eigenvalue weighted by Crippen LogP contribution is -2.31. The highest BCUT2D eigenvalue weighted by molar-refractivity contribution is 7.89. The first-order valence-electron chi connectivity index (χ1n) is 6.83. The maximum absolute atomic E-state index is 12.7. The number of rotatable bonds is 3. The van der Waals surface area contributed by atoms with E-state index in [-0.39, 0.29) is 11.6 Å². The zero-order chi connectivity index (χ0) is 14.9. The Morgan fingerprint density at radius 1 is 1.29 bits per heavy atom. The molecule has 112 valence electrons. The summed E-state index contributed by atoms with van der Waals surface area (Å²) in [5.41, 5.74) is 2.53. The van der Waals surface area contributed by atoms with Gasteiger partial charge >= 0.3 is 0 Å². The van der Waals surface area contributed by atoms with Crippen molar-refractivity contribution >= 4 is 10.0 Å². The number of aromatic amines is 1. The third kappa shape index (κ3) is 2.59. The molecule has 0 spiro atoms. The molecule has 0 atom stereocenters. The van der Waals surface area contributed by atoms with E-state index >= 15 is 0 Å². The predicted molar refractivity (Wildman–Crippen MR) is 76.9 cm³/mol. The van der Waals surface area contributed by atoms with Crippen LogP contribution in [0.4, 0.5) is 0 Å². The van der Waals surface area contributed by atoms with Crippen LogP contribution in [-0.2, 0) is 29.6 Å². The lowest BCUT2D eigenvalue weighted by Gasteiger charge is -2.20. The van der Waals surface area contributed by atoms with E-state index in [4.69, 9.17) is 0 Å². The summed E-state index contributed by atoms with van der Waals surface area (Å²) in [5.74, 6) is 0. The largest absolute Gasteiger partial charge is 0.392 e. The van der Waals surface area contributed by atoms with Crippen LogP contribution in [0.1, 0.15) is 23.1 Å². The molecule has 0 unspecified atom stereocenters. The Kier molecular flexibility index (Phi) is 3.79. The van der Waals surface area contributed by atoms with E-state index in [1.807, 2.05) is 24.3 Å². The minimum atomic E-state index is -3.67. The van der Waals surface area contributed by atoms with E-state index in [1.54, 1.807) is 0 Å². The number of aromatic nitrogens is 2. The normalized spacial score (nSPS) is 16.4. The molecule has 1 aliphatic heterocycles. The number of benzene rings is 1. The van der Waals surface area contributed by atoms with Crippen LogP contribution in [0.5, 0.6) is 0 Å².